The Bertz CT molecular complexity index is 934. The minimum Gasteiger partial charge on any atom is -0.293 e. The fourth-order valence-corrected chi connectivity index (χ4v) is 2.40. The van der Waals surface area contributed by atoms with E-state index in [4.69, 9.17) is 4.99 Å². The Kier molecular flexibility index (Phi) is 2.18. The Balaban J connectivity index is 1.95. The van der Waals surface area contributed by atoms with Gasteiger partial charge in [-0.3, -0.25) is 5.10 Å². The Morgan fingerprint density at radius 3 is 2.52 bits per heavy atom. The SMILES string of the molecule is CC1=Nn2c(C)nnc2C1=Nc1c(C)[nH]n2c(C)nnc12. The van der Waals surface area contributed by atoms with Gasteiger partial charge in [-0.05, 0) is 27.7 Å². The molecule has 0 unspecified atom stereocenters. The van der Waals surface area contributed by atoms with Gasteiger partial charge in [0.15, 0.2) is 5.82 Å². The third-order valence-corrected chi connectivity index (χ3v) is 3.50. The van der Waals surface area contributed by atoms with Crippen LogP contribution >= 0.6 is 0 Å². The molecule has 1 N–H and O–H groups in total. The van der Waals surface area contributed by atoms with Crippen molar-refractivity contribution in [1.82, 2.24) is 34.7 Å². The van der Waals surface area contributed by atoms with Gasteiger partial charge in [0.05, 0.1) is 11.4 Å². The number of aliphatic imine (C=N–C) groups is 1. The average molecular weight is 283 g/mol. The summed E-state index contributed by atoms with van der Waals surface area (Å²) in [6, 6.07) is 0. The van der Waals surface area contributed by atoms with E-state index in [1.54, 1.807) is 4.68 Å². The summed E-state index contributed by atoms with van der Waals surface area (Å²) in [5.41, 5.74) is 3.87. The lowest BCUT2D eigenvalue weighted by Crippen LogP contribution is -2.08. The van der Waals surface area contributed by atoms with E-state index in [1.165, 1.54) is 0 Å². The molecule has 0 saturated heterocycles. The molecule has 0 aromatic carbocycles. The first-order valence-electron chi connectivity index (χ1n) is 6.53. The lowest BCUT2D eigenvalue weighted by molar-refractivity contribution is 0.834. The number of aromatic amines is 1. The van der Waals surface area contributed by atoms with Crippen molar-refractivity contribution >= 4 is 22.8 Å². The monoisotopic (exact) mass is 283 g/mol. The zero-order chi connectivity index (χ0) is 14.7. The lowest BCUT2D eigenvalue weighted by atomic mass is 10.2. The number of fused-ring (bicyclic) bond motifs is 2. The second-order valence-electron chi connectivity index (χ2n) is 5.02. The molecule has 4 heterocycles. The summed E-state index contributed by atoms with van der Waals surface area (Å²) in [6.45, 7) is 7.60. The van der Waals surface area contributed by atoms with Gasteiger partial charge in [-0.1, -0.05) is 0 Å². The second-order valence-corrected chi connectivity index (χ2v) is 5.02. The van der Waals surface area contributed by atoms with Crippen LogP contribution in [0.3, 0.4) is 0 Å². The van der Waals surface area contributed by atoms with Crippen LogP contribution in [0, 0.1) is 20.8 Å². The fraction of sp³-hybridized carbons (Fsp3) is 0.333. The molecule has 9 nitrogen and oxygen atoms in total. The molecule has 0 amide bonds. The molecule has 3 aromatic rings. The number of nitrogens with one attached hydrogen (secondary N) is 1. The predicted octanol–water partition coefficient (Wildman–Crippen LogP) is 0.933. The van der Waals surface area contributed by atoms with Crippen LogP contribution in [-0.2, 0) is 0 Å². The maximum Gasteiger partial charge on any atom is 0.205 e. The van der Waals surface area contributed by atoms with Crippen molar-refractivity contribution in [2.75, 3.05) is 0 Å². The molecule has 21 heavy (non-hydrogen) atoms. The normalized spacial score (nSPS) is 16.0. The number of hydrogen-bond acceptors (Lipinski definition) is 6. The predicted molar refractivity (Wildman–Crippen MR) is 76.3 cm³/mol. The number of H-pyrrole nitrogens is 1. The van der Waals surface area contributed by atoms with Gasteiger partial charge >= 0.3 is 0 Å². The van der Waals surface area contributed by atoms with Crippen molar-refractivity contribution in [1.29, 1.82) is 0 Å². The van der Waals surface area contributed by atoms with E-state index in [1.807, 2.05) is 32.2 Å². The standard InChI is InChI=1S/C12H13N9/c1-5-9(11-16-14-7(3)20(11)18-5)13-10-6(2)19-21-8(4)15-17-12(10)21/h18H,1-4H3. The van der Waals surface area contributed by atoms with Gasteiger partial charge in [0, 0.05) is 0 Å². The highest BCUT2D eigenvalue weighted by Crippen LogP contribution is 2.26. The van der Waals surface area contributed by atoms with Crippen LogP contribution in [0.25, 0.3) is 5.65 Å². The minimum absolute atomic E-state index is 0.653. The number of aryl methyl sites for hydroxylation is 3. The van der Waals surface area contributed by atoms with Crippen molar-refractivity contribution < 1.29 is 0 Å². The molecular weight excluding hydrogens is 270 g/mol. The third-order valence-electron chi connectivity index (χ3n) is 3.50. The molecule has 3 aromatic heterocycles. The summed E-state index contributed by atoms with van der Waals surface area (Å²) in [6.07, 6.45) is 0. The van der Waals surface area contributed by atoms with E-state index < -0.39 is 0 Å². The van der Waals surface area contributed by atoms with Gasteiger partial charge in [0.25, 0.3) is 0 Å². The van der Waals surface area contributed by atoms with Crippen LogP contribution < -0.4 is 0 Å². The molecule has 9 heteroatoms. The maximum absolute atomic E-state index is 4.70. The Morgan fingerprint density at radius 1 is 0.952 bits per heavy atom. The van der Waals surface area contributed by atoms with E-state index in [2.05, 4.69) is 30.6 Å². The average Bonchev–Trinajstić information content (AvgIpc) is 3.13. The molecule has 0 spiro atoms. The van der Waals surface area contributed by atoms with Crippen LogP contribution in [0.4, 0.5) is 5.69 Å². The lowest BCUT2D eigenvalue weighted by Gasteiger charge is -1.95. The summed E-state index contributed by atoms with van der Waals surface area (Å²) in [4.78, 5) is 4.70. The molecule has 1 aliphatic heterocycles. The van der Waals surface area contributed by atoms with E-state index in [0.29, 0.717) is 17.2 Å². The van der Waals surface area contributed by atoms with Crippen LogP contribution in [-0.4, -0.2) is 46.1 Å². The third kappa shape index (κ3) is 1.51. The highest BCUT2D eigenvalue weighted by Gasteiger charge is 2.25. The molecule has 0 bridgehead atoms. The van der Waals surface area contributed by atoms with E-state index >= 15 is 0 Å². The molecule has 4 rings (SSSR count). The summed E-state index contributed by atoms with van der Waals surface area (Å²) < 4.78 is 3.51. The maximum atomic E-state index is 4.70. The number of rotatable bonds is 1. The van der Waals surface area contributed by atoms with Gasteiger partial charge < -0.3 is 0 Å². The van der Waals surface area contributed by atoms with Gasteiger partial charge in [-0.25, -0.2) is 9.51 Å². The molecule has 0 fully saturated rings. The Hall–Kier alpha value is -2.84. The molecular formula is C12H13N9. The van der Waals surface area contributed by atoms with E-state index in [-0.39, 0.29) is 0 Å². The topological polar surface area (TPSA) is 101 Å². The van der Waals surface area contributed by atoms with Crippen molar-refractivity contribution in [3.63, 3.8) is 0 Å². The first-order valence-corrected chi connectivity index (χ1v) is 6.53. The van der Waals surface area contributed by atoms with Crippen LogP contribution in [0.1, 0.15) is 30.1 Å². The van der Waals surface area contributed by atoms with Crippen molar-refractivity contribution in [3.8, 4) is 0 Å². The van der Waals surface area contributed by atoms with E-state index in [0.717, 1.165) is 28.7 Å². The Morgan fingerprint density at radius 2 is 1.71 bits per heavy atom. The summed E-state index contributed by atoms with van der Waals surface area (Å²) in [5.74, 6) is 2.18. The van der Waals surface area contributed by atoms with Crippen LogP contribution in [0.5, 0.6) is 0 Å². The Labute approximate surface area is 119 Å². The van der Waals surface area contributed by atoms with Crippen molar-refractivity contribution in [2.24, 2.45) is 10.1 Å². The molecule has 106 valence electrons. The molecule has 0 radical (unpaired) electrons. The van der Waals surface area contributed by atoms with Gasteiger partial charge in [-0.15, -0.1) is 20.4 Å². The van der Waals surface area contributed by atoms with E-state index in [9.17, 15) is 0 Å². The zero-order valence-electron chi connectivity index (χ0n) is 12.1. The zero-order valence-corrected chi connectivity index (χ0v) is 12.1. The summed E-state index contributed by atoms with van der Waals surface area (Å²) >= 11 is 0. The minimum atomic E-state index is 0.653. The first-order chi connectivity index (χ1) is 10.1. The molecule has 1 aliphatic rings. The molecule has 0 saturated carbocycles. The highest BCUT2D eigenvalue weighted by molar-refractivity contribution is 6.48. The van der Waals surface area contributed by atoms with Crippen molar-refractivity contribution in [3.05, 3.63) is 23.2 Å². The largest absolute Gasteiger partial charge is 0.293 e. The smallest absolute Gasteiger partial charge is 0.205 e. The summed E-state index contributed by atoms with van der Waals surface area (Å²) in [7, 11) is 0. The second kappa shape index (κ2) is 3.84. The quantitative estimate of drug-likeness (QED) is 0.717. The summed E-state index contributed by atoms with van der Waals surface area (Å²) in [5, 5.41) is 24.0. The number of hydrogen-bond donors (Lipinski definition) is 1. The molecule has 0 aliphatic carbocycles. The number of nitrogens with zero attached hydrogens (tertiary/aromatic N) is 8. The van der Waals surface area contributed by atoms with Crippen LogP contribution in [0.15, 0.2) is 10.1 Å². The fourth-order valence-electron chi connectivity index (χ4n) is 2.40. The van der Waals surface area contributed by atoms with Gasteiger partial charge in [0.1, 0.15) is 17.2 Å². The first kappa shape index (κ1) is 11.9. The van der Waals surface area contributed by atoms with Gasteiger partial charge in [-0.2, -0.15) is 9.78 Å². The van der Waals surface area contributed by atoms with Crippen molar-refractivity contribution in [2.45, 2.75) is 27.7 Å². The van der Waals surface area contributed by atoms with Crippen LogP contribution in [0.2, 0.25) is 0 Å². The molecule has 0 atom stereocenters. The highest BCUT2D eigenvalue weighted by atomic mass is 15.5. The van der Waals surface area contributed by atoms with Gasteiger partial charge in [0.2, 0.25) is 11.5 Å². The number of aromatic nitrogens is 7.